The highest BCUT2D eigenvalue weighted by molar-refractivity contribution is 5.87. The molecular weight excluding hydrogens is 172 g/mol. The van der Waals surface area contributed by atoms with E-state index < -0.39 is 29.7 Å². The molecule has 3 atom stereocenters. The quantitative estimate of drug-likeness (QED) is 0.458. The van der Waals surface area contributed by atoms with Gasteiger partial charge >= 0.3 is 0 Å². The topological polar surface area (TPSA) is 58.6 Å². The minimum Gasteiger partial charge on any atom is -0.350 e. The lowest BCUT2D eigenvalue weighted by molar-refractivity contribution is -0.247. The molecule has 2 aliphatic rings. The standard InChI is InChI=1S/C6H7F2NO3/c7-6(8)3-2(1-12-11)9-5(10)4(3)6/h2-4,11H,1H2,(H,9,10). The van der Waals surface area contributed by atoms with Crippen molar-refractivity contribution >= 4 is 5.91 Å². The third kappa shape index (κ3) is 0.789. The van der Waals surface area contributed by atoms with Gasteiger partial charge < -0.3 is 5.32 Å². The highest BCUT2D eigenvalue weighted by atomic mass is 19.3. The first-order valence-corrected chi connectivity index (χ1v) is 3.53. The fourth-order valence-corrected chi connectivity index (χ4v) is 1.78. The van der Waals surface area contributed by atoms with Crippen molar-refractivity contribution in [2.45, 2.75) is 12.0 Å². The molecule has 2 rings (SSSR count). The number of hydrogen-bond donors (Lipinski definition) is 2. The number of nitrogens with one attached hydrogen (secondary N) is 1. The second-order valence-electron chi connectivity index (χ2n) is 3.09. The first kappa shape index (κ1) is 7.88. The van der Waals surface area contributed by atoms with E-state index in [9.17, 15) is 13.6 Å². The van der Waals surface area contributed by atoms with Crippen LogP contribution in [0.15, 0.2) is 0 Å². The van der Waals surface area contributed by atoms with Crippen LogP contribution >= 0.6 is 0 Å². The highest BCUT2D eigenvalue weighted by Crippen LogP contribution is 2.59. The summed E-state index contributed by atoms with van der Waals surface area (Å²) in [5.41, 5.74) is 0. The average molecular weight is 179 g/mol. The molecule has 0 aromatic rings. The molecule has 0 aromatic heterocycles. The third-order valence-corrected chi connectivity index (χ3v) is 2.41. The predicted octanol–water partition coefficient (Wildman–Crippen LogP) is -0.144. The summed E-state index contributed by atoms with van der Waals surface area (Å²) in [4.78, 5) is 14.5. The van der Waals surface area contributed by atoms with Gasteiger partial charge in [0.2, 0.25) is 5.91 Å². The van der Waals surface area contributed by atoms with Gasteiger partial charge in [-0.05, 0) is 0 Å². The van der Waals surface area contributed by atoms with E-state index in [1.165, 1.54) is 0 Å². The summed E-state index contributed by atoms with van der Waals surface area (Å²) >= 11 is 0. The van der Waals surface area contributed by atoms with Crippen molar-refractivity contribution in [3.8, 4) is 0 Å². The molecule has 0 radical (unpaired) electrons. The van der Waals surface area contributed by atoms with E-state index in [1.54, 1.807) is 0 Å². The van der Waals surface area contributed by atoms with Crippen molar-refractivity contribution in [2.24, 2.45) is 11.8 Å². The van der Waals surface area contributed by atoms with Gasteiger partial charge in [-0.3, -0.25) is 10.1 Å². The van der Waals surface area contributed by atoms with Crippen LogP contribution in [0.5, 0.6) is 0 Å². The molecule has 1 saturated heterocycles. The van der Waals surface area contributed by atoms with Gasteiger partial charge in [-0.25, -0.2) is 13.7 Å². The van der Waals surface area contributed by atoms with Crippen molar-refractivity contribution in [3.63, 3.8) is 0 Å². The lowest BCUT2D eigenvalue weighted by Crippen LogP contribution is -2.38. The van der Waals surface area contributed by atoms with Gasteiger partial charge in [-0.1, -0.05) is 0 Å². The summed E-state index contributed by atoms with van der Waals surface area (Å²) < 4.78 is 25.3. The monoisotopic (exact) mass is 179 g/mol. The Labute approximate surface area is 66.4 Å². The van der Waals surface area contributed by atoms with Gasteiger partial charge in [-0.2, -0.15) is 0 Å². The molecular formula is C6H7F2NO3. The summed E-state index contributed by atoms with van der Waals surface area (Å²) in [5, 5.41) is 10.3. The van der Waals surface area contributed by atoms with Gasteiger partial charge in [-0.15, -0.1) is 0 Å². The summed E-state index contributed by atoms with van der Waals surface area (Å²) in [5.74, 6) is -5.73. The molecule has 1 saturated carbocycles. The molecule has 12 heavy (non-hydrogen) atoms. The number of hydrogen-bond acceptors (Lipinski definition) is 3. The van der Waals surface area contributed by atoms with E-state index >= 15 is 0 Å². The molecule has 2 fully saturated rings. The summed E-state index contributed by atoms with van der Waals surface area (Å²) in [6.07, 6.45) is 0. The zero-order valence-electron chi connectivity index (χ0n) is 5.96. The van der Waals surface area contributed by atoms with Crippen LogP contribution in [0, 0.1) is 11.8 Å². The second-order valence-corrected chi connectivity index (χ2v) is 3.09. The third-order valence-electron chi connectivity index (χ3n) is 2.41. The molecule has 68 valence electrons. The Hall–Kier alpha value is -0.750. The summed E-state index contributed by atoms with van der Waals surface area (Å²) in [6.45, 7) is -0.275. The Balaban J connectivity index is 2.08. The Morgan fingerprint density at radius 3 is 2.75 bits per heavy atom. The van der Waals surface area contributed by atoms with Crippen LogP contribution in [-0.2, 0) is 9.68 Å². The number of amides is 1. The summed E-state index contributed by atoms with van der Waals surface area (Å²) in [7, 11) is 0. The number of piperidine rings is 1. The fraction of sp³-hybridized carbons (Fsp3) is 0.833. The van der Waals surface area contributed by atoms with Crippen LogP contribution in [0.4, 0.5) is 8.78 Å². The van der Waals surface area contributed by atoms with Gasteiger partial charge in [0.05, 0.1) is 12.0 Å². The fourth-order valence-electron chi connectivity index (χ4n) is 1.78. The molecule has 3 unspecified atom stereocenters. The maximum atomic E-state index is 12.7. The van der Waals surface area contributed by atoms with Crippen molar-refractivity contribution in [1.29, 1.82) is 0 Å². The molecule has 0 spiro atoms. The number of carbonyl (C=O) groups excluding carboxylic acids is 1. The van der Waals surface area contributed by atoms with E-state index in [1.807, 2.05) is 0 Å². The molecule has 1 aliphatic heterocycles. The van der Waals surface area contributed by atoms with E-state index in [-0.39, 0.29) is 6.61 Å². The van der Waals surface area contributed by atoms with Crippen LogP contribution in [0.3, 0.4) is 0 Å². The van der Waals surface area contributed by atoms with Crippen LogP contribution in [0.1, 0.15) is 0 Å². The largest absolute Gasteiger partial charge is 0.350 e. The van der Waals surface area contributed by atoms with Crippen LogP contribution in [-0.4, -0.2) is 29.7 Å². The second kappa shape index (κ2) is 2.14. The smallest absolute Gasteiger partial charge is 0.266 e. The normalized spacial score (nSPS) is 42.2. The number of fused-ring (bicyclic) bond motifs is 1. The predicted molar refractivity (Wildman–Crippen MR) is 32.4 cm³/mol. The average Bonchev–Trinajstić information content (AvgIpc) is 2.31. The van der Waals surface area contributed by atoms with Crippen LogP contribution in [0.25, 0.3) is 0 Å². The number of halogens is 2. The van der Waals surface area contributed by atoms with Crippen molar-refractivity contribution in [1.82, 2.24) is 5.32 Å². The SMILES string of the molecule is O=C1NC(COO)C2C1C2(F)F. The minimum atomic E-state index is -2.90. The molecule has 1 amide bonds. The maximum Gasteiger partial charge on any atom is 0.266 e. The van der Waals surface area contributed by atoms with E-state index in [4.69, 9.17) is 5.26 Å². The van der Waals surface area contributed by atoms with Crippen molar-refractivity contribution in [3.05, 3.63) is 0 Å². The first-order chi connectivity index (χ1) is 5.59. The highest BCUT2D eigenvalue weighted by Gasteiger charge is 2.78. The zero-order chi connectivity index (χ0) is 8.93. The number of carbonyl (C=O) groups is 1. The van der Waals surface area contributed by atoms with Gasteiger partial charge in [0.25, 0.3) is 5.92 Å². The van der Waals surface area contributed by atoms with Gasteiger partial charge in [0.15, 0.2) is 0 Å². The minimum absolute atomic E-state index is 0.275. The van der Waals surface area contributed by atoms with Crippen molar-refractivity contribution < 1.29 is 23.7 Å². The molecule has 0 aromatic carbocycles. The number of rotatable bonds is 2. The Morgan fingerprint density at radius 1 is 1.67 bits per heavy atom. The van der Waals surface area contributed by atoms with Gasteiger partial charge in [0, 0.05) is 0 Å². The number of alkyl halides is 2. The molecule has 0 bridgehead atoms. The lowest BCUT2D eigenvalue weighted by Gasteiger charge is -2.12. The maximum absolute atomic E-state index is 12.7. The molecule has 2 N–H and O–H groups in total. The van der Waals surface area contributed by atoms with E-state index in [0.29, 0.717) is 0 Å². The first-order valence-electron chi connectivity index (χ1n) is 3.53. The van der Waals surface area contributed by atoms with Gasteiger partial charge in [0.1, 0.15) is 12.5 Å². The Morgan fingerprint density at radius 2 is 2.33 bits per heavy atom. The molecule has 4 nitrogen and oxygen atoms in total. The molecule has 6 heteroatoms. The van der Waals surface area contributed by atoms with Crippen molar-refractivity contribution in [2.75, 3.05) is 6.61 Å². The summed E-state index contributed by atoms with van der Waals surface area (Å²) in [6, 6.07) is -0.748. The Bertz CT molecular complexity index is 233. The Kier molecular flexibility index (Phi) is 1.40. The lowest BCUT2D eigenvalue weighted by atomic mass is 10.2. The molecule has 1 heterocycles. The van der Waals surface area contributed by atoms with Crippen LogP contribution < -0.4 is 5.32 Å². The van der Waals surface area contributed by atoms with Crippen LogP contribution in [0.2, 0.25) is 0 Å². The zero-order valence-corrected chi connectivity index (χ0v) is 5.96. The van der Waals surface area contributed by atoms with E-state index in [2.05, 4.69) is 10.2 Å². The van der Waals surface area contributed by atoms with E-state index in [0.717, 1.165) is 0 Å². The molecule has 1 aliphatic carbocycles.